The lowest BCUT2D eigenvalue weighted by molar-refractivity contribution is -0.116. The molecule has 0 fully saturated rings. The van der Waals surface area contributed by atoms with E-state index in [0.717, 1.165) is 11.1 Å². The number of carbonyl (C=O) groups excluding carboxylic acids is 1. The van der Waals surface area contributed by atoms with Crippen LogP contribution in [0, 0.1) is 6.92 Å². The van der Waals surface area contributed by atoms with Gasteiger partial charge in [0.05, 0.1) is 0 Å². The Hall–Kier alpha value is -1.22. The topological polar surface area (TPSA) is 35.5 Å². The molecule has 1 heterocycles. The lowest BCUT2D eigenvalue weighted by Gasteiger charge is -2.22. The standard InChI is InChI=1S/C12H13ClO3/c1-7(14)5-9-8(2)10(13)6-11-12(9)16-4-3-15-11/h6H,3-5H2,1-2H3. The molecular formula is C12H13ClO3. The van der Waals surface area contributed by atoms with E-state index in [9.17, 15) is 4.79 Å². The quantitative estimate of drug-likeness (QED) is 0.797. The number of hydrogen-bond donors (Lipinski definition) is 0. The summed E-state index contributed by atoms with van der Waals surface area (Å²) in [4.78, 5) is 11.2. The zero-order valence-electron chi connectivity index (χ0n) is 9.30. The largest absolute Gasteiger partial charge is 0.486 e. The second-order valence-corrected chi connectivity index (χ2v) is 4.27. The maximum atomic E-state index is 11.2. The van der Waals surface area contributed by atoms with Crippen LogP contribution in [0.1, 0.15) is 18.1 Å². The van der Waals surface area contributed by atoms with Crippen molar-refractivity contribution in [3.05, 3.63) is 22.2 Å². The fraction of sp³-hybridized carbons (Fsp3) is 0.417. The van der Waals surface area contributed by atoms with Gasteiger partial charge in [0.1, 0.15) is 19.0 Å². The van der Waals surface area contributed by atoms with E-state index < -0.39 is 0 Å². The maximum absolute atomic E-state index is 11.2. The number of carbonyl (C=O) groups is 1. The van der Waals surface area contributed by atoms with Gasteiger partial charge in [0.15, 0.2) is 11.5 Å². The van der Waals surface area contributed by atoms with Crippen LogP contribution >= 0.6 is 11.6 Å². The molecule has 2 rings (SSSR count). The fourth-order valence-corrected chi connectivity index (χ4v) is 1.99. The van der Waals surface area contributed by atoms with Gasteiger partial charge in [-0.1, -0.05) is 11.6 Å². The number of ketones is 1. The molecule has 0 spiro atoms. The Bertz CT molecular complexity index is 440. The van der Waals surface area contributed by atoms with Gasteiger partial charge in [-0.2, -0.15) is 0 Å². The first-order valence-electron chi connectivity index (χ1n) is 5.16. The van der Waals surface area contributed by atoms with Gasteiger partial charge < -0.3 is 9.47 Å². The van der Waals surface area contributed by atoms with E-state index >= 15 is 0 Å². The van der Waals surface area contributed by atoms with E-state index in [-0.39, 0.29) is 5.78 Å². The van der Waals surface area contributed by atoms with Gasteiger partial charge in [0.25, 0.3) is 0 Å². The Morgan fingerprint density at radius 2 is 2.12 bits per heavy atom. The van der Waals surface area contributed by atoms with Crippen LogP contribution in [-0.2, 0) is 11.2 Å². The molecule has 0 bridgehead atoms. The van der Waals surface area contributed by atoms with Crippen molar-refractivity contribution in [3.8, 4) is 11.5 Å². The third kappa shape index (κ3) is 2.00. The van der Waals surface area contributed by atoms with E-state index in [1.165, 1.54) is 0 Å². The molecular weight excluding hydrogens is 228 g/mol. The van der Waals surface area contributed by atoms with Gasteiger partial charge in [0.2, 0.25) is 0 Å². The third-order valence-corrected chi connectivity index (χ3v) is 2.97. The van der Waals surface area contributed by atoms with Crippen molar-refractivity contribution in [1.82, 2.24) is 0 Å². The molecule has 1 aliphatic heterocycles. The first-order chi connectivity index (χ1) is 7.59. The SMILES string of the molecule is CC(=O)Cc1c(C)c(Cl)cc2c1OCCO2. The Labute approximate surface area is 99.3 Å². The second kappa shape index (κ2) is 4.34. The second-order valence-electron chi connectivity index (χ2n) is 3.86. The molecule has 0 aliphatic carbocycles. The highest BCUT2D eigenvalue weighted by Gasteiger charge is 2.21. The highest BCUT2D eigenvalue weighted by molar-refractivity contribution is 6.31. The number of benzene rings is 1. The third-order valence-electron chi connectivity index (χ3n) is 2.58. The van der Waals surface area contributed by atoms with Gasteiger partial charge in [0, 0.05) is 23.1 Å². The van der Waals surface area contributed by atoms with Gasteiger partial charge in [-0.25, -0.2) is 0 Å². The smallest absolute Gasteiger partial charge is 0.165 e. The van der Waals surface area contributed by atoms with Crippen molar-refractivity contribution < 1.29 is 14.3 Å². The molecule has 0 unspecified atom stereocenters. The van der Waals surface area contributed by atoms with Crippen LogP contribution in [0.2, 0.25) is 5.02 Å². The Morgan fingerprint density at radius 3 is 2.81 bits per heavy atom. The Balaban J connectivity index is 2.54. The monoisotopic (exact) mass is 240 g/mol. The molecule has 3 nitrogen and oxygen atoms in total. The van der Waals surface area contributed by atoms with Crippen LogP contribution in [0.4, 0.5) is 0 Å². The highest BCUT2D eigenvalue weighted by Crippen LogP contribution is 2.39. The van der Waals surface area contributed by atoms with Crippen molar-refractivity contribution in [2.24, 2.45) is 0 Å². The van der Waals surface area contributed by atoms with Crippen LogP contribution in [0.15, 0.2) is 6.07 Å². The van der Waals surface area contributed by atoms with E-state index in [4.69, 9.17) is 21.1 Å². The van der Waals surface area contributed by atoms with Crippen LogP contribution in [0.25, 0.3) is 0 Å². The van der Waals surface area contributed by atoms with Gasteiger partial charge in [-0.15, -0.1) is 0 Å². The molecule has 0 saturated carbocycles. The molecule has 1 aromatic carbocycles. The average molecular weight is 241 g/mol. The fourth-order valence-electron chi connectivity index (χ4n) is 1.77. The first-order valence-corrected chi connectivity index (χ1v) is 5.54. The number of fused-ring (bicyclic) bond motifs is 1. The minimum atomic E-state index is 0.0849. The van der Waals surface area contributed by atoms with Gasteiger partial charge in [-0.05, 0) is 19.4 Å². The summed E-state index contributed by atoms with van der Waals surface area (Å²) in [5.41, 5.74) is 1.73. The molecule has 4 heteroatoms. The Morgan fingerprint density at radius 1 is 1.44 bits per heavy atom. The van der Waals surface area contributed by atoms with Crippen LogP contribution in [0.3, 0.4) is 0 Å². The summed E-state index contributed by atoms with van der Waals surface area (Å²) >= 11 is 6.09. The van der Waals surface area contributed by atoms with Crippen molar-refractivity contribution in [1.29, 1.82) is 0 Å². The number of rotatable bonds is 2. The molecule has 0 amide bonds. The zero-order chi connectivity index (χ0) is 11.7. The van der Waals surface area contributed by atoms with Gasteiger partial charge in [-0.3, -0.25) is 4.79 Å². The van der Waals surface area contributed by atoms with Crippen molar-refractivity contribution in [3.63, 3.8) is 0 Å². The summed E-state index contributed by atoms with van der Waals surface area (Å²) in [6.07, 6.45) is 0.331. The van der Waals surface area contributed by atoms with Crippen molar-refractivity contribution in [2.45, 2.75) is 20.3 Å². The zero-order valence-corrected chi connectivity index (χ0v) is 10.1. The molecule has 0 radical (unpaired) electrons. The maximum Gasteiger partial charge on any atom is 0.165 e. The minimum absolute atomic E-state index is 0.0849. The van der Waals surface area contributed by atoms with Crippen LogP contribution < -0.4 is 9.47 Å². The summed E-state index contributed by atoms with van der Waals surface area (Å²) in [5.74, 6) is 1.39. The normalized spacial score (nSPS) is 13.7. The molecule has 0 N–H and O–H groups in total. The molecule has 86 valence electrons. The van der Waals surface area contributed by atoms with Crippen LogP contribution in [-0.4, -0.2) is 19.0 Å². The summed E-state index contributed by atoms with van der Waals surface area (Å²) in [7, 11) is 0. The van der Waals surface area contributed by atoms with Crippen LogP contribution in [0.5, 0.6) is 11.5 Å². The average Bonchev–Trinajstić information content (AvgIpc) is 2.24. The number of hydrogen-bond acceptors (Lipinski definition) is 3. The van der Waals surface area contributed by atoms with E-state index in [2.05, 4.69) is 0 Å². The van der Waals surface area contributed by atoms with Gasteiger partial charge >= 0.3 is 0 Å². The van der Waals surface area contributed by atoms with E-state index in [1.807, 2.05) is 6.92 Å². The first kappa shape index (κ1) is 11.3. The Kier molecular flexibility index (Phi) is 3.06. The minimum Gasteiger partial charge on any atom is -0.486 e. The predicted octanol–water partition coefficient (Wildman–Crippen LogP) is 2.55. The number of halogens is 1. The number of ether oxygens (including phenoxy) is 2. The summed E-state index contributed by atoms with van der Waals surface area (Å²) < 4.78 is 11.0. The molecule has 0 aromatic heterocycles. The molecule has 16 heavy (non-hydrogen) atoms. The lowest BCUT2D eigenvalue weighted by atomic mass is 10.0. The van der Waals surface area contributed by atoms with E-state index in [1.54, 1.807) is 13.0 Å². The van der Waals surface area contributed by atoms with E-state index in [0.29, 0.717) is 36.2 Å². The molecule has 1 aromatic rings. The molecule has 0 atom stereocenters. The predicted molar refractivity (Wildman–Crippen MR) is 61.6 cm³/mol. The van der Waals surface area contributed by atoms with Crippen molar-refractivity contribution >= 4 is 17.4 Å². The lowest BCUT2D eigenvalue weighted by Crippen LogP contribution is -2.18. The molecule has 0 saturated heterocycles. The molecule has 1 aliphatic rings. The summed E-state index contributed by atoms with van der Waals surface area (Å²) in [6, 6.07) is 1.75. The summed E-state index contributed by atoms with van der Waals surface area (Å²) in [5, 5.41) is 0.612. The summed E-state index contributed by atoms with van der Waals surface area (Å²) in [6.45, 7) is 4.47. The highest BCUT2D eigenvalue weighted by atomic mass is 35.5. The van der Waals surface area contributed by atoms with Crippen molar-refractivity contribution in [2.75, 3.05) is 13.2 Å². The number of Topliss-reactive ketones (excluding diaryl/α,β-unsaturated/α-hetero) is 1.